The van der Waals surface area contributed by atoms with Crippen LogP contribution in [0.3, 0.4) is 0 Å². The van der Waals surface area contributed by atoms with E-state index in [9.17, 15) is 27.2 Å². The highest BCUT2D eigenvalue weighted by atomic mass is 19.4. The Morgan fingerprint density at radius 2 is 1.53 bits per heavy atom. The number of alkyl halides is 3. The number of hydrogen-bond acceptors (Lipinski definition) is 5. The highest BCUT2D eigenvalue weighted by Crippen LogP contribution is 2.43. The SMILES string of the molecule is CC1O[C@H](CCn2c(-c3ccc(F)cc3)c(-c3ccccc3)c(C(=O)Nc3ccc(C(F)(F)F)cc3)c2C(C)C)C[C@H](CC(=O)OC(C)(C)C)O1. The zero-order chi connectivity index (χ0) is 37.1. The number of carbonyl (C=O) groups is 2. The summed E-state index contributed by atoms with van der Waals surface area (Å²) in [5.41, 5.74) is 2.53. The molecular formula is C40H44F4N2O5. The monoisotopic (exact) mass is 708 g/mol. The molecule has 1 aliphatic heterocycles. The molecule has 1 saturated heterocycles. The van der Waals surface area contributed by atoms with Crippen molar-refractivity contribution in [1.29, 1.82) is 0 Å². The maximum atomic E-state index is 14.4. The van der Waals surface area contributed by atoms with Crippen LogP contribution >= 0.6 is 0 Å². The smallest absolute Gasteiger partial charge is 0.416 e. The minimum absolute atomic E-state index is 0.0789. The number of rotatable bonds is 10. The van der Waals surface area contributed by atoms with Crippen molar-refractivity contribution in [3.05, 3.63) is 102 Å². The number of anilines is 1. The summed E-state index contributed by atoms with van der Waals surface area (Å²) >= 11 is 0. The Morgan fingerprint density at radius 3 is 2.12 bits per heavy atom. The molecule has 272 valence electrons. The van der Waals surface area contributed by atoms with E-state index in [1.807, 2.05) is 65.0 Å². The molecule has 1 unspecified atom stereocenters. The zero-order valence-electron chi connectivity index (χ0n) is 29.6. The van der Waals surface area contributed by atoms with E-state index in [2.05, 4.69) is 9.88 Å². The maximum Gasteiger partial charge on any atom is 0.416 e. The van der Waals surface area contributed by atoms with Crippen LogP contribution in [-0.2, 0) is 31.7 Å². The molecule has 51 heavy (non-hydrogen) atoms. The van der Waals surface area contributed by atoms with E-state index in [0.717, 1.165) is 17.7 Å². The first kappa shape index (κ1) is 37.8. The van der Waals surface area contributed by atoms with E-state index < -0.39 is 41.5 Å². The van der Waals surface area contributed by atoms with Gasteiger partial charge >= 0.3 is 12.1 Å². The molecule has 0 aliphatic carbocycles. The lowest BCUT2D eigenvalue weighted by atomic mass is 9.94. The van der Waals surface area contributed by atoms with Gasteiger partial charge in [0, 0.05) is 29.9 Å². The third-order valence-corrected chi connectivity index (χ3v) is 8.51. The molecular weight excluding hydrogens is 664 g/mol. The van der Waals surface area contributed by atoms with Crippen LogP contribution in [0.5, 0.6) is 0 Å². The average molecular weight is 709 g/mol. The largest absolute Gasteiger partial charge is 0.460 e. The quantitative estimate of drug-likeness (QED) is 0.131. The molecule has 1 aliphatic rings. The van der Waals surface area contributed by atoms with Crippen molar-refractivity contribution in [2.45, 2.75) is 104 Å². The van der Waals surface area contributed by atoms with Crippen LogP contribution in [-0.4, -0.2) is 40.5 Å². The number of halogens is 4. The van der Waals surface area contributed by atoms with Gasteiger partial charge in [0.1, 0.15) is 11.4 Å². The second kappa shape index (κ2) is 15.4. The Labute approximate surface area is 295 Å². The lowest BCUT2D eigenvalue weighted by Crippen LogP contribution is -2.39. The van der Waals surface area contributed by atoms with Crippen LogP contribution < -0.4 is 5.32 Å². The highest BCUT2D eigenvalue weighted by molar-refractivity contribution is 6.12. The number of esters is 1. The van der Waals surface area contributed by atoms with Crippen molar-refractivity contribution >= 4 is 17.6 Å². The zero-order valence-corrected chi connectivity index (χ0v) is 29.6. The summed E-state index contributed by atoms with van der Waals surface area (Å²) in [6.45, 7) is 11.5. The fourth-order valence-electron chi connectivity index (χ4n) is 6.57. The number of aromatic nitrogens is 1. The van der Waals surface area contributed by atoms with Gasteiger partial charge in [-0.3, -0.25) is 9.59 Å². The summed E-state index contributed by atoms with van der Waals surface area (Å²) in [4.78, 5) is 27.0. The Balaban J connectivity index is 1.57. The van der Waals surface area contributed by atoms with Crippen molar-refractivity contribution in [1.82, 2.24) is 4.57 Å². The first-order valence-corrected chi connectivity index (χ1v) is 17.1. The van der Waals surface area contributed by atoms with Gasteiger partial charge in [0.2, 0.25) is 0 Å². The predicted molar refractivity (Wildman–Crippen MR) is 188 cm³/mol. The number of ether oxygens (including phenoxy) is 3. The Kier molecular flexibility index (Phi) is 11.4. The molecule has 2 heterocycles. The van der Waals surface area contributed by atoms with Gasteiger partial charge in [-0.2, -0.15) is 13.2 Å². The second-order valence-electron chi connectivity index (χ2n) is 14.1. The Morgan fingerprint density at radius 1 is 0.902 bits per heavy atom. The summed E-state index contributed by atoms with van der Waals surface area (Å²) in [7, 11) is 0. The molecule has 4 aromatic rings. The predicted octanol–water partition coefficient (Wildman–Crippen LogP) is 10.00. The molecule has 5 rings (SSSR count). The van der Waals surface area contributed by atoms with E-state index in [0.29, 0.717) is 47.5 Å². The fraction of sp³-hybridized carbons (Fsp3) is 0.400. The summed E-state index contributed by atoms with van der Waals surface area (Å²) in [5.74, 6) is -1.46. The Hall–Kier alpha value is -4.48. The van der Waals surface area contributed by atoms with E-state index >= 15 is 0 Å². The molecule has 3 atom stereocenters. The van der Waals surface area contributed by atoms with Gasteiger partial charge in [0.05, 0.1) is 35.4 Å². The third-order valence-electron chi connectivity index (χ3n) is 8.51. The van der Waals surface area contributed by atoms with Gasteiger partial charge in [-0.05, 0) is 99.7 Å². The number of carbonyl (C=O) groups excluding carboxylic acids is 2. The molecule has 3 aromatic carbocycles. The third kappa shape index (κ3) is 9.45. The van der Waals surface area contributed by atoms with Gasteiger partial charge in [0.25, 0.3) is 5.91 Å². The van der Waals surface area contributed by atoms with Gasteiger partial charge in [0.15, 0.2) is 6.29 Å². The molecule has 0 saturated carbocycles. The van der Waals surface area contributed by atoms with Crippen molar-refractivity contribution in [3.63, 3.8) is 0 Å². The summed E-state index contributed by atoms with van der Waals surface area (Å²) in [5, 5.41) is 2.83. The normalized spacial score (nSPS) is 18.1. The first-order chi connectivity index (χ1) is 24.0. The highest BCUT2D eigenvalue weighted by Gasteiger charge is 2.34. The molecule has 0 bridgehead atoms. The lowest BCUT2D eigenvalue weighted by Gasteiger charge is -2.34. The van der Waals surface area contributed by atoms with E-state index in [1.165, 1.54) is 24.3 Å². The lowest BCUT2D eigenvalue weighted by molar-refractivity contribution is -0.237. The summed E-state index contributed by atoms with van der Waals surface area (Å²) in [6.07, 6.45) is -4.77. The summed E-state index contributed by atoms with van der Waals surface area (Å²) in [6, 6.07) is 19.7. The second-order valence-corrected chi connectivity index (χ2v) is 14.1. The van der Waals surface area contributed by atoms with Crippen LogP contribution in [0.2, 0.25) is 0 Å². The minimum Gasteiger partial charge on any atom is -0.460 e. The topological polar surface area (TPSA) is 78.8 Å². The first-order valence-electron chi connectivity index (χ1n) is 17.1. The molecule has 1 amide bonds. The number of nitrogens with zero attached hydrogens (tertiary/aromatic N) is 1. The number of nitrogens with one attached hydrogen (secondary N) is 1. The van der Waals surface area contributed by atoms with Crippen molar-refractivity contribution < 1.29 is 41.4 Å². The van der Waals surface area contributed by atoms with Crippen molar-refractivity contribution in [2.75, 3.05) is 5.32 Å². The van der Waals surface area contributed by atoms with Crippen LogP contribution in [0.15, 0.2) is 78.9 Å². The average Bonchev–Trinajstić information content (AvgIpc) is 3.39. The van der Waals surface area contributed by atoms with E-state index in [1.54, 1.807) is 19.1 Å². The molecule has 11 heteroatoms. The van der Waals surface area contributed by atoms with Crippen molar-refractivity contribution in [2.24, 2.45) is 0 Å². The van der Waals surface area contributed by atoms with E-state index in [-0.39, 0.29) is 30.1 Å². The molecule has 7 nitrogen and oxygen atoms in total. The van der Waals surface area contributed by atoms with Crippen LogP contribution in [0, 0.1) is 5.82 Å². The van der Waals surface area contributed by atoms with Gasteiger partial charge in [-0.25, -0.2) is 4.39 Å². The number of benzene rings is 3. The maximum absolute atomic E-state index is 14.4. The van der Waals surface area contributed by atoms with Gasteiger partial charge in [-0.15, -0.1) is 0 Å². The molecule has 1 aromatic heterocycles. The number of amides is 1. The summed E-state index contributed by atoms with van der Waals surface area (Å²) < 4.78 is 73.8. The fourth-order valence-corrected chi connectivity index (χ4v) is 6.57. The molecule has 0 radical (unpaired) electrons. The van der Waals surface area contributed by atoms with Gasteiger partial charge < -0.3 is 24.1 Å². The number of hydrogen-bond donors (Lipinski definition) is 1. The standard InChI is InChI=1S/C40H44F4N2O5/c1-24(2)36-35(38(48)45-30-18-14-28(15-19-30)40(42,43)44)34(26-10-8-7-9-11-26)37(27-12-16-29(41)17-13-27)46(36)21-20-31-22-32(50-25(3)49-31)23-33(47)51-39(4,5)6/h7-19,24-25,31-32H,20-23H2,1-6H3,(H,45,48)/t25?,31-,32-/m1/s1. The minimum atomic E-state index is -4.52. The molecule has 1 fully saturated rings. The van der Waals surface area contributed by atoms with Crippen LogP contribution in [0.1, 0.15) is 88.3 Å². The molecule has 0 spiro atoms. The van der Waals surface area contributed by atoms with Crippen LogP contribution in [0.25, 0.3) is 22.4 Å². The van der Waals surface area contributed by atoms with E-state index in [4.69, 9.17) is 14.2 Å². The molecule has 1 N–H and O–H groups in total. The van der Waals surface area contributed by atoms with Crippen LogP contribution in [0.4, 0.5) is 23.2 Å². The van der Waals surface area contributed by atoms with Gasteiger partial charge in [-0.1, -0.05) is 44.2 Å². The van der Waals surface area contributed by atoms with Crippen molar-refractivity contribution in [3.8, 4) is 22.4 Å². The Bertz CT molecular complexity index is 1810.